The van der Waals surface area contributed by atoms with Gasteiger partial charge in [-0.2, -0.15) is 5.10 Å². The van der Waals surface area contributed by atoms with Crippen molar-refractivity contribution in [1.29, 1.82) is 0 Å². The highest BCUT2D eigenvalue weighted by molar-refractivity contribution is 5.96. The van der Waals surface area contributed by atoms with Crippen LogP contribution in [0.25, 0.3) is 38.8 Å². The van der Waals surface area contributed by atoms with E-state index in [-0.39, 0.29) is 11.8 Å². The maximum atomic E-state index is 12.7. The molecule has 31 heavy (non-hydrogen) atoms. The molecule has 0 saturated carbocycles. The highest BCUT2D eigenvalue weighted by atomic mass is 16.5. The second-order valence-electron chi connectivity index (χ2n) is 7.86. The van der Waals surface area contributed by atoms with Crippen LogP contribution in [0.3, 0.4) is 0 Å². The molecule has 1 unspecified atom stereocenters. The maximum absolute atomic E-state index is 12.7. The lowest BCUT2D eigenvalue weighted by molar-refractivity contribution is -0.0366. The molecule has 0 bridgehead atoms. The van der Waals surface area contributed by atoms with Crippen LogP contribution >= 0.6 is 0 Å². The minimum atomic E-state index is -0.165. The van der Waals surface area contributed by atoms with Gasteiger partial charge in [-0.3, -0.25) is 4.79 Å². The van der Waals surface area contributed by atoms with Crippen LogP contribution in [-0.2, 0) is 4.74 Å². The number of rotatable bonds is 3. The fourth-order valence-corrected chi connectivity index (χ4v) is 4.42. The molecule has 0 radical (unpaired) electrons. The smallest absolute Gasteiger partial charge is 0.275 e. The summed E-state index contributed by atoms with van der Waals surface area (Å²) >= 11 is 0. The summed E-state index contributed by atoms with van der Waals surface area (Å²) in [5.74, 6) is 0. The summed E-state index contributed by atoms with van der Waals surface area (Å²) in [5, 5.41) is 5.66. The molecule has 154 valence electrons. The molecular formula is C24H21N5O2. The van der Waals surface area contributed by atoms with E-state index < -0.39 is 0 Å². The van der Waals surface area contributed by atoms with E-state index in [1.54, 1.807) is 0 Å². The monoisotopic (exact) mass is 411 g/mol. The molecule has 6 rings (SSSR count). The fourth-order valence-electron chi connectivity index (χ4n) is 4.42. The van der Waals surface area contributed by atoms with Crippen LogP contribution < -0.4 is 5.56 Å². The minimum Gasteiger partial charge on any atom is -0.356 e. The minimum absolute atomic E-state index is 0.0341. The van der Waals surface area contributed by atoms with E-state index in [2.05, 4.69) is 33.3 Å². The highest BCUT2D eigenvalue weighted by Crippen LogP contribution is 2.33. The molecule has 5 aromatic rings. The standard InChI is InChI=1S/C24H21N5O2/c30-24-23-22(25-15-26-24)19(14-28(23)18-6-2-1-3-7-18)16-9-10-17-13-27-29(20(17)12-16)21-8-4-5-11-31-21/h1-3,6-7,9-10,12-15,21H,4-5,8,11H2,(H,25,26,30). The summed E-state index contributed by atoms with van der Waals surface area (Å²) < 4.78 is 9.85. The van der Waals surface area contributed by atoms with Crippen molar-refractivity contribution in [3.05, 3.63) is 77.6 Å². The van der Waals surface area contributed by atoms with Gasteiger partial charge < -0.3 is 14.3 Å². The lowest BCUT2D eigenvalue weighted by atomic mass is 10.1. The Hall–Kier alpha value is -3.71. The Balaban J connectivity index is 1.55. The fraction of sp³-hybridized carbons (Fsp3) is 0.208. The lowest BCUT2D eigenvalue weighted by Gasteiger charge is -2.23. The second-order valence-corrected chi connectivity index (χ2v) is 7.86. The van der Waals surface area contributed by atoms with Gasteiger partial charge in [0.1, 0.15) is 11.0 Å². The summed E-state index contributed by atoms with van der Waals surface area (Å²) in [6.07, 6.45) is 8.50. The summed E-state index contributed by atoms with van der Waals surface area (Å²) in [7, 11) is 0. The molecule has 7 nitrogen and oxygen atoms in total. The van der Waals surface area contributed by atoms with Crippen molar-refractivity contribution in [3.63, 3.8) is 0 Å². The normalized spacial score (nSPS) is 16.8. The van der Waals surface area contributed by atoms with Gasteiger partial charge in [-0.25, -0.2) is 9.67 Å². The number of benzene rings is 2. The number of hydrogen-bond acceptors (Lipinski definition) is 4. The third-order valence-electron chi connectivity index (χ3n) is 5.96. The van der Waals surface area contributed by atoms with E-state index in [0.29, 0.717) is 11.0 Å². The zero-order chi connectivity index (χ0) is 20.8. The van der Waals surface area contributed by atoms with Crippen molar-refractivity contribution in [2.75, 3.05) is 6.61 Å². The number of hydrogen-bond donors (Lipinski definition) is 1. The number of nitrogens with one attached hydrogen (secondary N) is 1. The van der Waals surface area contributed by atoms with Gasteiger partial charge in [-0.15, -0.1) is 0 Å². The molecule has 1 N–H and O–H groups in total. The van der Waals surface area contributed by atoms with E-state index >= 15 is 0 Å². The van der Waals surface area contributed by atoms with Crippen LogP contribution in [-0.4, -0.2) is 30.9 Å². The van der Waals surface area contributed by atoms with Gasteiger partial charge >= 0.3 is 0 Å². The molecule has 1 aliphatic rings. The van der Waals surface area contributed by atoms with E-state index in [1.807, 2.05) is 52.0 Å². The van der Waals surface area contributed by atoms with Crippen molar-refractivity contribution in [2.24, 2.45) is 0 Å². The first-order chi connectivity index (χ1) is 15.3. The van der Waals surface area contributed by atoms with Crippen molar-refractivity contribution in [1.82, 2.24) is 24.3 Å². The maximum Gasteiger partial charge on any atom is 0.275 e. The number of aromatic amines is 1. The van der Waals surface area contributed by atoms with Gasteiger partial charge in [0.25, 0.3) is 5.56 Å². The molecule has 4 heterocycles. The molecule has 1 atom stereocenters. The third-order valence-corrected chi connectivity index (χ3v) is 5.96. The van der Waals surface area contributed by atoms with Crippen molar-refractivity contribution >= 4 is 21.9 Å². The quantitative estimate of drug-likeness (QED) is 0.476. The molecule has 1 saturated heterocycles. The average molecular weight is 411 g/mol. The van der Waals surface area contributed by atoms with Gasteiger partial charge in [-0.05, 0) is 43.0 Å². The first-order valence-electron chi connectivity index (χ1n) is 10.5. The summed E-state index contributed by atoms with van der Waals surface area (Å²) in [4.78, 5) is 19.9. The number of fused-ring (bicyclic) bond motifs is 2. The molecule has 7 heteroatoms. The molecule has 3 aromatic heterocycles. The van der Waals surface area contributed by atoms with Crippen LogP contribution in [0.2, 0.25) is 0 Å². The highest BCUT2D eigenvalue weighted by Gasteiger charge is 2.20. The predicted octanol–water partition coefficient (Wildman–Crippen LogP) is 4.43. The molecule has 2 aromatic carbocycles. The number of aromatic nitrogens is 5. The zero-order valence-electron chi connectivity index (χ0n) is 16.9. The van der Waals surface area contributed by atoms with Crippen molar-refractivity contribution in [3.8, 4) is 16.8 Å². The van der Waals surface area contributed by atoms with Crippen LogP contribution in [0.15, 0.2) is 72.0 Å². The van der Waals surface area contributed by atoms with Gasteiger partial charge in [0.15, 0.2) is 6.23 Å². The van der Waals surface area contributed by atoms with Crippen LogP contribution in [0.4, 0.5) is 0 Å². The number of nitrogens with zero attached hydrogens (tertiary/aromatic N) is 4. The van der Waals surface area contributed by atoms with E-state index in [0.717, 1.165) is 53.6 Å². The van der Waals surface area contributed by atoms with Crippen molar-refractivity contribution in [2.45, 2.75) is 25.5 Å². The molecule has 1 fully saturated rings. The number of H-pyrrole nitrogens is 1. The molecule has 1 aliphatic heterocycles. The van der Waals surface area contributed by atoms with Gasteiger partial charge in [0, 0.05) is 29.4 Å². The average Bonchev–Trinajstić information content (AvgIpc) is 3.42. The second kappa shape index (κ2) is 7.21. The van der Waals surface area contributed by atoms with Crippen molar-refractivity contribution < 1.29 is 4.74 Å². The Morgan fingerprint density at radius 1 is 1.10 bits per heavy atom. The van der Waals surface area contributed by atoms with Gasteiger partial charge in [0.2, 0.25) is 0 Å². The summed E-state index contributed by atoms with van der Waals surface area (Å²) in [5.41, 5.74) is 4.88. The Bertz CT molecular complexity index is 1440. The summed E-state index contributed by atoms with van der Waals surface area (Å²) in [6, 6.07) is 16.1. The van der Waals surface area contributed by atoms with E-state index in [4.69, 9.17) is 4.74 Å². The lowest BCUT2D eigenvalue weighted by Crippen LogP contribution is -2.18. The SMILES string of the molecule is O=c1[nH]cnc2c(-c3ccc4cnn(C5CCCCO5)c4c3)cn(-c3ccccc3)c12. The predicted molar refractivity (Wildman–Crippen MR) is 119 cm³/mol. The van der Waals surface area contributed by atoms with E-state index in [9.17, 15) is 4.79 Å². The number of ether oxygens (including phenoxy) is 1. The topological polar surface area (TPSA) is 77.7 Å². The van der Waals surface area contributed by atoms with Gasteiger partial charge in [-0.1, -0.05) is 30.3 Å². The first kappa shape index (κ1) is 18.1. The molecule has 0 amide bonds. The molecule has 0 aliphatic carbocycles. The Labute approximate surface area is 177 Å². The Morgan fingerprint density at radius 2 is 2.00 bits per heavy atom. The first-order valence-corrected chi connectivity index (χ1v) is 10.5. The summed E-state index contributed by atoms with van der Waals surface area (Å²) in [6.45, 7) is 0.767. The Morgan fingerprint density at radius 3 is 2.84 bits per heavy atom. The van der Waals surface area contributed by atoms with Crippen LogP contribution in [0.1, 0.15) is 25.5 Å². The van der Waals surface area contributed by atoms with E-state index in [1.165, 1.54) is 6.33 Å². The Kier molecular flexibility index (Phi) is 4.21. The number of para-hydroxylation sites is 1. The molecular weight excluding hydrogens is 390 g/mol. The third kappa shape index (κ3) is 2.97. The molecule has 0 spiro atoms. The largest absolute Gasteiger partial charge is 0.356 e. The zero-order valence-corrected chi connectivity index (χ0v) is 16.9. The van der Waals surface area contributed by atoms with Gasteiger partial charge in [0.05, 0.1) is 18.0 Å². The van der Waals surface area contributed by atoms with Crippen LogP contribution in [0.5, 0.6) is 0 Å². The van der Waals surface area contributed by atoms with Crippen LogP contribution in [0, 0.1) is 0 Å².